The van der Waals surface area contributed by atoms with Crippen molar-refractivity contribution in [1.29, 1.82) is 0 Å². The van der Waals surface area contributed by atoms with Crippen LogP contribution in [0.15, 0.2) is 29.7 Å². The van der Waals surface area contributed by atoms with E-state index >= 15 is 0 Å². The highest BCUT2D eigenvalue weighted by molar-refractivity contribution is 5.94. The predicted octanol–water partition coefficient (Wildman–Crippen LogP) is 0.823. The van der Waals surface area contributed by atoms with Crippen LogP contribution in [0, 0.1) is 0 Å². The molecule has 0 radical (unpaired) electrons. The molecule has 1 aromatic heterocycles. The largest absolute Gasteiger partial charge is 0.409 e. The fourth-order valence-corrected chi connectivity index (χ4v) is 1.78. The fraction of sp³-hybridized carbons (Fsp3) is 0.417. The van der Waals surface area contributed by atoms with Gasteiger partial charge in [-0.05, 0) is 25.0 Å². The second kappa shape index (κ2) is 5.48. The van der Waals surface area contributed by atoms with Crippen molar-refractivity contribution in [1.82, 2.24) is 9.88 Å². The molecule has 96 valence electrons. The fourth-order valence-electron chi connectivity index (χ4n) is 1.78. The third-order valence-electron chi connectivity index (χ3n) is 2.91. The maximum Gasteiger partial charge on any atom is 0.254 e. The number of amides is 1. The average Bonchev–Trinajstić information content (AvgIpc) is 3.24. The monoisotopic (exact) mass is 248 g/mol. The topological polar surface area (TPSA) is 91.8 Å². The second-order valence-electron chi connectivity index (χ2n) is 4.31. The molecule has 0 atom stereocenters. The van der Waals surface area contributed by atoms with Gasteiger partial charge in [0.25, 0.3) is 5.91 Å². The van der Waals surface area contributed by atoms with Crippen molar-refractivity contribution in [2.45, 2.75) is 25.3 Å². The molecule has 3 N–H and O–H groups in total. The van der Waals surface area contributed by atoms with Crippen molar-refractivity contribution in [2.24, 2.45) is 10.9 Å². The molecule has 1 amide bonds. The van der Waals surface area contributed by atoms with E-state index in [2.05, 4.69) is 10.1 Å². The smallest absolute Gasteiger partial charge is 0.254 e. The van der Waals surface area contributed by atoms with Crippen LogP contribution >= 0.6 is 0 Å². The standard InChI is InChI=1S/C12H16N4O2/c13-11(15-18)5-8-16(10-1-2-10)12(17)9-3-6-14-7-4-9/h3-4,6-7,10,18H,1-2,5,8H2,(H2,13,15). The quantitative estimate of drug-likeness (QED) is 0.349. The van der Waals surface area contributed by atoms with E-state index in [9.17, 15) is 4.79 Å². The molecule has 1 aromatic rings. The van der Waals surface area contributed by atoms with Gasteiger partial charge in [0.15, 0.2) is 0 Å². The molecule has 0 saturated heterocycles. The minimum atomic E-state index is -0.0226. The van der Waals surface area contributed by atoms with Gasteiger partial charge in [-0.2, -0.15) is 0 Å². The van der Waals surface area contributed by atoms with E-state index in [0.717, 1.165) is 12.8 Å². The van der Waals surface area contributed by atoms with Gasteiger partial charge in [0, 0.05) is 37.0 Å². The molecule has 1 heterocycles. The Kier molecular flexibility index (Phi) is 3.76. The summed E-state index contributed by atoms with van der Waals surface area (Å²) in [7, 11) is 0. The van der Waals surface area contributed by atoms with Gasteiger partial charge in [-0.3, -0.25) is 9.78 Å². The molecule has 0 unspecified atom stereocenters. The number of hydrogen-bond donors (Lipinski definition) is 2. The first-order valence-electron chi connectivity index (χ1n) is 5.89. The van der Waals surface area contributed by atoms with Crippen molar-refractivity contribution in [3.05, 3.63) is 30.1 Å². The molecule has 1 aliphatic rings. The zero-order valence-corrected chi connectivity index (χ0v) is 9.99. The Morgan fingerprint density at radius 1 is 1.50 bits per heavy atom. The van der Waals surface area contributed by atoms with Gasteiger partial charge in [0.2, 0.25) is 0 Å². The lowest BCUT2D eigenvalue weighted by Gasteiger charge is -2.22. The number of nitrogens with two attached hydrogens (primary N) is 1. The first kappa shape index (κ1) is 12.3. The van der Waals surface area contributed by atoms with Crippen LogP contribution in [-0.2, 0) is 0 Å². The maximum absolute atomic E-state index is 12.3. The first-order valence-corrected chi connectivity index (χ1v) is 5.89. The Hall–Kier alpha value is -2.11. The summed E-state index contributed by atoms with van der Waals surface area (Å²) in [6, 6.07) is 3.68. The number of pyridine rings is 1. The molecule has 1 aliphatic carbocycles. The van der Waals surface area contributed by atoms with E-state index in [1.54, 1.807) is 29.4 Å². The summed E-state index contributed by atoms with van der Waals surface area (Å²) in [6.45, 7) is 0.474. The molecule has 1 fully saturated rings. The van der Waals surface area contributed by atoms with Gasteiger partial charge in [-0.15, -0.1) is 0 Å². The number of oxime groups is 1. The van der Waals surface area contributed by atoms with Crippen LogP contribution < -0.4 is 5.73 Å². The number of amidine groups is 1. The van der Waals surface area contributed by atoms with Crippen molar-refractivity contribution >= 4 is 11.7 Å². The highest BCUT2D eigenvalue weighted by Crippen LogP contribution is 2.28. The molecular formula is C12H16N4O2. The number of aromatic nitrogens is 1. The number of rotatable bonds is 5. The summed E-state index contributed by atoms with van der Waals surface area (Å²) in [5, 5.41) is 11.4. The van der Waals surface area contributed by atoms with E-state index in [0.29, 0.717) is 18.5 Å². The Morgan fingerprint density at radius 2 is 2.17 bits per heavy atom. The van der Waals surface area contributed by atoms with Crippen LogP contribution in [0.25, 0.3) is 0 Å². The molecular weight excluding hydrogens is 232 g/mol. The van der Waals surface area contributed by atoms with E-state index in [4.69, 9.17) is 10.9 Å². The number of carbonyl (C=O) groups excluding carboxylic acids is 1. The molecule has 6 heteroatoms. The molecule has 1 saturated carbocycles. The van der Waals surface area contributed by atoms with Crippen LogP contribution in [0.1, 0.15) is 29.6 Å². The van der Waals surface area contributed by atoms with E-state index in [-0.39, 0.29) is 17.8 Å². The summed E-state index contributed by atoms with van der Waals surface area (Å²) in [6.07, 6.45) is 5.62. The highest BCUT2D eigenvalue weighted by Gasteiger charge is 2.32. The summed E-state index contributed by atoms with van der Waals surface area (Å²) >= 11 is 0. The van der Waals surface area contributed by atoms with Gasteiger partial charge in [0.05, 0.1) is 0 Å². The molecule has 18 heavy (non-hydrogen) atoms. The summed E-state index contributed by atoms with van der Waals surface area (Å²) in [5.41, 5.74) is 6.05. The first-order chi connectivity index (χ1) is 8.72. The molecule has 0 bridgehead atoms. The van der Waals surface area contributed by atoms with Crippen LogP contribution in [0.4, 0.5) is 0 Å². The lowest BCUT2D eigenvalue weighted by molar-refractivity contribution is 0.0747. The van der Waals surface area contributed by atoms with E-state index < -0.39 is 0 Å². The number of hydrogen-bond acceptors (Lipinski definition) is 4. The Bertz CT molecular complexity index is 443. The third-order valence-corrected chi connectivity index (χ3v) is 2.91. The summed E-state index contributed by atoms with van der Waals surface area (Å²) in [4.78, 5) is 18.0. The van der Waals surface area contributed by atoms with Gasteiger partial charge < -0.3 is 15.8 Å². The van der Waals surface area contributed by atoms with Crippen molar-refractivity contribution < 1.29 is 10.0 Å². The molecule has 0 aromatic carbocycles. The SMILES string of the molecule is NC(CCN(C(=O)c1ccncc1)C1CC1)=NO. The maximum atomic E-state index is 12.3. The van der Waals surface area contributed by atoms with Crippen LogP contribution in [0.3, 0.4) is 0 Å². The van der Waals surface area contributed by atoms with Crippen LogP contribution in [0.5, 0.6) is 0 Å². The van der Waals surface area contributed by atoms with Crippen molar-refractivity contribution in [2.75, 3.05) is 6.54 Å². The zero-order chi connectivity index (χ0) is 13.0. The van der Waals surface area contributed by atoms with Crippen LogP contribution in [-0.4, -0.2) is 39.4 Å². The molecule has 0 aliphatic heterocycles. The third kappa shape index (κ3) is 2.97. The van der Waals surface area contributed by atoms with Gasteiger partial charge in [-0.25, -0.2) is 0 Å². The Balaban J connectivity index is 2.04. The number of carbonyl (C=O) groups is 1. The van der Waals surface area contributed by atoms with E-state index in [1.165, 1.54) is 0 Å². The minimum Gasteiger partial charge on any atom is -0.409 e. The number of nitrogens with zero attached hydrogens (tertiary/aromatic N) is 3. The summed E-state index contributed by atoms with van der Waals surface area (Å²) < 4.78 is 0. The molecule has 6 nitrogen and oxygen atoms in total. The molecule has 0 spiro atoms. The second-order valence-corrected chi connectivity index (χ2v) is 4.31. The predicted molar refractivity (Wildman–Crippen MR) is 66.3 cm³/mol. The van der Waals surface area contributed by atoms with Gasteiger partial charge >= 0.3 is 0 Å². The van der Waals surface area contributed by atoms with Crippen molar-refractivity contribution in [3.8, 4) is 0 Å². The van der Waals surface area contributed by atoms with E-state index in [1.807, 2.05) is 0 Å². The van der Waals surface area contributed by atoms with Gasteiger partial charge in [0.1, 0.15) is 5.84 Å². The lowest BCUT2D eigenvalue weighted by Crippen LogP contribution is -2.35. The average molecular weight is 248 g/mol. The van der Waals surface area contributed by atoms with Crippen molar-refractivity contribution in [3.63, 3.8) is 0 Å². The summed E-state index contributed by atoms with van der Waals surface area (Å²) in [5.74, 6) is 0.119. The molecule has 2 rings (SSSR count). The normalized spacial score (nSPS) is 15.4. The van der Waals surface area contributed by atoms with Gasteiger partial charge in [-0.1, -0.05) is 5.16 Å². The highest BCUT2D eigenvalue weighted by atomic mass is 16.4. The Labute approximate surface area is 105 Å². The van der Waals surface area contributed by atoms with Crippen LogP contribution in [0.2, 0.25) is 0 Å². The lowest BCUT2D eigenvalue weighted by atomic mass is 10.2. The zero-order valence-electron chi connectivity index (χ0n) is 9.99. The Morgan fingerprint density at radius 3 is 2.72 bits per heavy atom. The minimum absolute atomic E-state index is 0.0226.